The van der Waals surface area contributed by atoms with Gasteiger partial charge in [-0.1, -0.05) is 18.2 Å². The zero-order valence-corrected chi connectivity index (χ0v) is 21.3. The van der Waals surface area contributed by atoms with Crippen LogP contribution in [0.5, 0.6) is 0 Å². The Morgan fingerprint density at radius 3 is 2.65 bits per heavy atom. The Kier molecular flexibility index (Phi) is 5.64. The van der Waals surface area contributed by atoms with Gasteiger partial charge in [0, 0.05) is 51.0 Å². The number of thiophene rings is 1. The number of nitrogens with zero attached hydrogens (tertiary/aromatic N) is 4. The third kappa shape index (κ3) is 4.18. The molecule has 8 nitrogen and oxygen atoms in total. The molecule has 2 aromatic carbocycles. The zero-order chi connectivity index (χ0) is 27.2. The molecule has 40 heavy (non-hydrogen) atoms. The highest BCUT2D eigenvalue weighted by Gasteiger charge is 2.19. The van der Waals surface area contributed by atoms with E-state index in [9.17, 15) is 9.18 Å². The molecule has 0 radical (unpaired) electrons. The summed E-state index contributed by atoms with van der Waals surface area (Å²) in [6.45, 7) is 0. The van der Waals surface area contributed by atoms with Crippen molar-refractivity contribution in [2.45, 2.75) is 0 Å². The second-order valence-electron chi connectivity index (χ2n) is 8.98. The van der Waals surface area contributed by atoms with E-state index < -0.39 is 5.82 Å². The first-order chi connectivity index (χ1) is 19.5. The number of imidazole rings is 1. The van der Waals surface area contributed by atoms with Crippen molar-refractivity contribution in [3.63, 3.8) is 0 Å². The molecule has 0 bridgehead atoms. The number of carbonyl (C=O) groups is 1. The fraction of sp³-hybridized carbons (Fsp3) is 0. The fourth-order valence-corrected chi connectivity index (χ4v) is 5.33. The van der Waals surface area contributed by atoms with Crippen LogP contribution in [-0.4, -0.2) is 36.0 Å². The van der Waals surface area contributed by atoms with Gasteiger partial charge in [-0.25, -0.2) is 14.4 Å². The van der Waals surface area contributed by atoms with Gasteiger partial charge in [-0.05, 0) is 42.5 Å². The van der Waals surface area contributed by atoms with Gasteiger partial charge in [0.1, 0.15) is 17.0 Å². The lowest BCUT2D eigenvalue weighted by molar-refractivity contribution is 0.102. The molecule has 0 unspecified atom stereocenters. The summed E-state index contributed by atoms with van der Waals surface area (Å²) in [6, 6.07) is 18.4. The average Bonchev–Trinajstić information content (AvgIpc) is 3.70. The van der Waals surface area contributed by atoms with Gasteiger partial charge in [0.15, 0.2) is 16.6 Å². The monoisotopic (exact) mass is 549 g/mol. The summed E-state index contributed by atoms with van der Waals surface area (Å²) in [5.74, 6) is -0.349. The number of H-pyrrole nitrogens is 2. The maximum Gasteiger partial charge on any atom is 0.255 e. The fourth-order valence-electron chi connectivity index (χ4n) is 4.57. The van der Waals surface area contributed by atoms with Crippen molar-refractivity contribution in [2.75, 3.05) is 5.32 Å². The van der Waals surface area contributed by atoms with Crippen molar-refractivity contribution in [1.29, 1.82) is 0 Å². The number of aromatic amines is 2. The van der Waals surface area contributed by atoms with Crippen LogP contribution in [0.1, 0.15) is 10.4 Å². The summed E-state index contributed by atoms with van der Waals surface area (Å²) in [7, 11) is 0. The largest absolute Gasteiger partial charge is 0.321 e. The quantitative estimate of drug-likeness (QED) is 0.218. The van der Waals surface area contributed by atoms with E-state index in [1.54, 1.807) is 54.7 Å². The van der Waals surface area contributed by atoms with Crippen molar-refractivity contribution in [3.05, 3.63) is 102 Å². The number of halogens is 2. The third-order valence-corrected chi connectivity index (χ3v) is 7.35. The van der Waals surface area contributed by atoms with E-state index in [4.69, 9.17) is 4.98 Å². The number of aromatic nitrogens is 6. The first-order valence-corrected chi connectivity index (χ1v) is 13.0. The van der Waals surface area contributed by atoms with Crippen LogP contribution in [0.25, 0.3) is 55.2 Å². The maximum atomic E-state index is 15.3. The molecule has 0 saturated heterocycles. The van der Waals surface area contributed by atoms with Gasteiger partial charge in [0.05, 0.1) is 17.4 Å². The van der Waals surface area contributed by atoms with Crippen molar-refractivity contribution in [1.82, 2.24) is 30.1 Å². The van der Waals surface area contributed by atoms with E-state index in [0.717, 1.165) is 21.8 Å². The number of fused-ring (bicyclic) bond motifs is 2. The molecule has 0 spiro atoms. The number of pyridine rings is 2. The molecule has 0 saturated carbocycles. The molecular formula is C29H17F2N7OS. The molecule has 0 aliphatic heterocycles. The third-order valence-electron chi connectivity index (χ3n) is 6.44. The van der Waals surface area contributed by atoms with Gasteiger partial charge < -0.3 is 10.3 Å². The second-order valence-corrected chi connectivity index (χ2v) is 10.0. The average molecular weight is 550 g/mol. The number of carbonyl (C=O) groups excluding carboxylic acids is 1. The summed E-state index contributed by atoms with van der Waals surface area (Å²) in [5, 5.41) is 10.4. The van der Waals surface area contributed by atoms with E-state index in [-0.39, 0.29) is 16.6 Å². The Bertz CT molecular complexity index is 2050. The standard InChI is InChI=1S/C29H17F2N7OS/c30-21-12-22-20(11-19(21)16-10-17(14-32-13-16)34-29(39)15-4-2-1-3-5-15)26(38-37-22)28-35-25-18(8-9-33-27(25)36-28)23-6-7-24(31)40-23/h1-14H,(H,34,39)(H,37,38)(H,33,35,36). The van der Waals surface area contributed by atoms with E-state index >= 15 is 4.39 Å². The molecule has 0 atom stereocenters. The van der Waals surface area contributed by atoms with Crippen LogP contribution >= 0.6 is 11.3 Å². The number of hydrogen-bond donors (Lipinski definition) is 3. The van der Waals surface area contributed by atoms with Gasteiger partial charge >= 0.3 is 0 Å². The van der Waals surface area contributed by atoms with Crippen LogP contribution in [0.15, 0.2) is 85.3 Å². The topological polar surface area (TPSA) is 112 Å². The molecule has 5 aromatic heterocycles. The first-order valence-electron chi connectivity index (χ1n) is 12.1. The van der Waals surface area contributed by atoms with Crippen molar-refractivity contribution in [2.24, 2.45) is 0 Å². The Morgan fingerprint density at radius 1 is 0.950 bits per heavy atom. The van der Waals surface area contributed by atoms with Gasteiger partial charge in [-0.15, -0.1) is 11.3 Å². The van der Waals surface area contributed by atoms with E-state index in [1.165, 1.54) is 24.5 Å². The number of nitrogens with one attached hydrogen (secondary N) is 3. The molecule has 1 amide bonds. The molecular weight excluding hydrogens is 532 g/mol. The van der Waals surface area contributed by atoms with Crippen LogP contribution in [-0.2, 0) is 0 Å². The second kappa shape index (κ2) is 9.47. The molecule has 0 fully saturated rings. The van der Waals surface area contributed by atoms with Crippen molar-refractivity contribution in [3.8, 4) is 33.1 Å². The number of rotatable bonds is 5. The van der Waals surface area contributed by atoms with Crippen molar-refractivity contribution < 1.29 is 13.6 Å². The van der Waals surface area contributed by atoms with Crippen molar-refractivity contribution >= 4 is 45.0 Å². The van der Waals surface area contributed by atoms with Gasteiger partial charge in [0.25, 0.3) is 5.91 Å². The van der Waals surface area contributed by atoms with E-state index in [1.807, 2.05) is 6.07 Å². The summed E-state index contributed by atoms with van der Waals surface area (Å²) in [4.78, 5) is 29.8. The van der Waals surface area contributed by atoms with E-state index in [2.05, 4.69) is 30.5 Å². The maximum absolute atomic E-state index is 15.3. The molecule has 0 aliphatic rings. The normalized spacial score (nSPS) is 11.3. The molecule has 194 valence electrons. The van der Waals surface area contributed by atoms with Crippen LogP contribution in [0.4, 0.5) is 14.5 Å². The highest BCUT2D eigenvalue weighted by molar-refractivity contribution is 7.14. The Hall–Kier alpha value is -5.29. The molecule has 11 heteroatoms. The van der Waals surface area contributed by atoms with Crippen LogP contribution in [0.2, 0.25) is 0 Å². The van der Waals surface area contributed by atoms with Gasteiger partial charge in [0.2, 0.25) is 0 Å². The Morgan fingerprint density at radius 2 is 1.82 bits per heavy atom. The number of benzene rings is 2. The molecule has 7 rings (SSSR count). The minimum atomic E-state index is -0.482. The number of hydrogen-bond acceptors (Lipinski definition) is 6. The Balaban J connectivity index is 1.28. The predicted molar refractivity (Wildman–Crippen MR) is 150 cm³/mol. The van der Waals surface area contributed by atoms with E-state index in [0.29, 0.717) is 50.4 Å². The minimum absolute atomic E-state index is 0.280. The zero-order valence-electron chi connectivity index (χ0n) is 20.4. The Labute approximate surface area is 228 Å². The minimum Gasteiger partial charge on any atom is -0.321 e. The SMILES string of the molecule is O=C(Nc1cncc(-c2cc3c(-c4nc5c(-c6ccc(F)s6)ccnc5[nH]4)n[nH]c3cc2F)c1)c1ccccc1. The summed E-state index contributed by atoms with van der Waals surface area (Å²) >= 11 is 1.03. The molecule has 0 aliphatic carbocycles. The summed E-state index contributed by atoms with van der Waals surface area (Å²) in [5.41, 5.74) is 4.47. The molecule has 5 heterocycles. The lowest BCUT2D eigenvalue weighted by Gasteiger charge is -2.08. The van der Waals surface area contributed by atoms with Crippen LogP contribution in [0.3, 0.4) is 0 Å². The highest BCUT2D eigenvalue weighted by atomic mass is 32.1. The lowest BCUT2D eigenvalue weighted by atomic mass is 10.0. The van der Waals surface area contributed by atoms with Gasteiger partial charge in [-0.2, -0.15) is 9.49 Å². The number of anilines is 1. The summed E-state index contributed by atoms with van der Waals surface area (Å²) in [6.07, 6.45) is 4.66. The lowest BCUT2D eigenvalue weighted by Crippen LogP contribution is -2.11. The number of amides is 1. The predicted octanol–water partition coefficient (Wildman–Crippen LogP) is 6.82. The highest BCUT2D eigenvalue weighted by Crippen LogP contribution is 2.35. The van der Waals surface area contributed by atoms with Crippen LogP contribution < -0.4 is 5.32 Å². The smallest absolute Gasteiger partial charge is 0.255 e. The molecule has 7 aromatic rings. The summed E-state index contributed by atoms with van der Waals surface area (Å²) < 4.78 is 29.0. The molecule has 3 N–H and O–H groups in total. The first kappa shape index (κ1) is 23.8. The van der Waals surface area contributed by atoms with Gasteiger partial charge in [-0.3, -0.25) is 14.9 Å². The van der Waals surface area contributed by atoms with Crippen LogP contribution in [0, 0.1) is 10.9 Å².